The van der Waals surface area contributed by atoms with E-state index in [0.717, 1.165) is 47.9 Å². The average Bonchev–Trinajstić information content (AvgIpc) is 3.50. The van der Waals surface area contributed by atoms with Gasteiger partial charge in [-0.3, -0.25) is 0 Å². The van der Waals surface area contributed by atoms with E-state index < -0.39 is 5.54 Å². The molecule has 1 heterocycles. The zero-order valence-electron chi connectivity index (χ0n) is 21.4. The van der Waals surface area contributed by atoms with Crippen molar-refractivity contribution < 1.29 is 5.11 Å². The maximum absolute atomic E-state index is 9.61. The van der Waals surface area contributed by atoms with Crippen LogP contribution in [0.5, 0.6) is 0 Å². The number of hydrogen-bond acceptors (Lipinski definition) is 4. The van der Waals surface area contributed by atoms with Crippen LogP contribution in [0.4, 0.5) is 0 Å². The number of aromatic nitrogens is 4. The lowest BCUT2D eigenvalue weighted by molar-refractivity contribution is 0.182. The molecule has 1 aliphatic rings. The van der Waals surface area contributed by atoms with E-state index in [1.807, 2.05) is 18.2 Å². The summed E-state index contributed by atoms with van der Waals surface area (Å²) in [6, 6.07) is 39.8. The maximum atomic E-state index is 9.61. The molecule has 1 fully saturated rings. The number of aliphatic hydroxyl groups excluding tert-OH is 1. The average molecular weight is 501 g/mol. The van der Waals surface area contributed by atoms with Crippen LogP contribution in [0.1, 0.15) is 53.9 Å². The predicted octanol–water partition coefficient (Wildman–Crippen LogP) is 6.45. The Labute approximate surface area is 223 Å². The molecule has 0 aliphatic heterocycles. The Morgan fingerprint density at radius 2 is 1.16 bits per heavy atom. The van der Waals surface area contributed by atoms with Crippen molar-refractivity contribution in [3.63, 3.8) is 0 Å². The van der Waals surface area contributed by atoms with Gasteiger partial charge in [-0.15, -0.1) is 15.0 Å². The summed E-state index contributed by atoms with van der Waals surface area (Å²) in [5.41, 5.74) is 4.72. The lowest BCUT2D eigenvalue weighted by Gasteiger charge is -2.34. The molecule has 0 amide bonds. The van der Waals surface area contributed by atoms with Crippen LogP contribution in [0.2, 0.25) is 0 Å². The number of hydrogen-bond donors (Lipinski definition) is 1. The predicted molar refractivity (Wildman–Crippen MR) is 150 cm³/mol. The smallest absolute Gasteiger partial charge is 0.205 e. The van der Waals surface area contributed by atoms with Crippen molar-refractivity contribution in [1.82, 2.24) is 20.2 Å². The molecule has 4 aromatic carbocycles. The highest BCUT2D eigenvalue weighted by molar-refractivity contribution is 5.61. The minimum Gasteiger partial charge on any atom is -0.396 e. The molecule has 0 radical (unpaired) electrons. The number of benzene rings is 4. The zero-order chi connectivity index (χ0) is 25.8. The van der Waals surface area contributed by atoms with Gasteiger partial charge in [0, 0.05) is 12.2 Å². The monoisotopic (exact) mass is 500 g/mol. The van der Waals surface area contributed by atoms with Gasteiger partial charge in [-0.2, -0.15) is 0 Å². The van der Waals surface area contributed by atoms with Crippen molar-refractivity contribution in [3.8, 4) is 11.4 Å². The minimum absolute atomic E-state index is 0.283. The fraction of sp³-hybridized carbons (Fsp3) is 0.242. The van der Waals surface area contributed by atoms with E-state index >= 15 is 0 Å². The Morgan fingerprint density at radius 3 is 1.68 bits per heavy atom. The third kappa shape index (κ3) is 4.33. The normalized spacial score (nSPS) is 17.8. The molecule has 1 aliphatic carbocycles. The molecule has 1 N–H and O–H groups in total. The second-order valence-corrected chi connectivity index (χ2v) is 10.2. The van der Waals surface area contributed by atoms with E-state index in [2.05, 4.69) is 102 Å². The van der Waals surface area contributed by atoms with Gasteiger partial charge in [0.2, 0.25) is 5.82 Å². The Hall–Kier alpha value is -4.09. The molecule has 5 nitrogen and oxygen atoms in total. The van der Waals surface area contributed by atoms with Gasteiger partial charge in [-0.1, -0.05) is 115 Å². The van der Waals surface area contributed by atoms with Crippen molar-refractivity contribution in [2.75, 3.05) is 6.61 Å². The molecule has 0 unspecified atom stereocenters. The topological polar surface area (TPSA) is 63.8 Å². The molecule has 5 heteroatoms. The molecule has 6 rings (SSSR count). The van der Waals surface area contributed by atoms with E-state index in [9.17, 15) is 5.11 Å². The van der Waals surface area contributed by atoms with E-state index in [0.29, 0.717) is 17.7 Å². The fourth-order valence-corrected chi connectivity index (χ4v) is 6.06. The third-order valence-corrected chi connectivity index (χ3v) is 8.03. The van der Waals surface area contributed by atoms with E-state index in [4.69, 9.17) is 10.3 Å². The lowest BCUT2D eigenvalue weighted by Crippen LogP contribution is -2.39. The van der Waals surface area contributed by atoms with Gasteiger partial charge in [0.15, 0.2) is 5.54 Å². The van der Waals surface area contributed by atoms with Gasteiger partial charge >= 0.3 is 0 Å². The summed E-state index contributed by atoms with van der Waals surface area (Å²) in [4.78, 5) is 1.79. The minimum atomic E-state index is -0.789. The molecule has 0 spiro atoms. The summed E-state index contributed by atoms with van der Waals surface area (Å²) in [7, 11) is 0. The van der Waals surface area contributed by atoms with Gasteiger partial charge < -0.3 is 5.11 Å². The largest absolute Gasteiger partial charge is 0.396 e. The molecule has 1 aromatic heterocycles. The van der Waals surface area contributed by atoms with Gasteiger partial charge in [-0.05, 0) is 65.0 Å². The van der Waals surface area contributed by atoms with Crippen molar-refractivity contribution >= 4 is 0 Å². The lowest BCUT2D eigenvalue weighted by atomic mass is 9.77. The van der Waals surface area contributed by atoms with Crippen molar-refractivity contribution in [2.24, 2.45) is 5.92 Å². The summed E-state index contributed by atoms with van der Waals surface area (Å²) in [5, 5.41) is 24.1. The summed E-state index contributed by atoms with van der Waals surface area (Å²) in [6.07, 6.45) is 4.24. The molecule has 5 aromatic rings. The molecular weight excluding hydrogens is 468 g/mol. The van der Waals surface area contributed by atoms with Crippen LogP contribution in [-0.2, 0) is 5.54 Å². The number of aliphatic hydroxyl groups is 1. The highest BCUT2D eigenvalue weighted by Gasteiger charge is 2.41. The van der Waals surface area contributed by atoms with Crippen LogP contribution in [-0.4, -0.2) is 31.9 Å². The summed E-state index contributed by atoms with van der Waals surface area (Å²) >= 11 is 0. The van der Waals surface area contributed by atoms with E-state index in [1.54, 1.807) is 4.80 Å². The highest BCUT2D eigenvalue weighted by Crippen LogP contribution is 2.41. The van der Waals surface area contributed by atoms with Crippen LogP contribution < -0.4 is 0 Å². The molecule has 38 heavy (non-hydrogen) atoms. The van der Waals surface area contributed by atoms with Crippen molar-refractivity contribution in [3.05, 3.63) is 138 Å². The number of tetrazole rings is 1. The molecule has 0 bridgehead atoms. The summed E-state index contributed by atoms with van der Waals surface area (Å²) in [5.74, 6) is 1.49. The molecular formula is C33H32N4O. The van der Waals surface area contributed by atoms with E-state index in [-0.39, 0.29) is 6.61 Å². The zero-order valence-corrected chi connectivity index (χ0v) is 21.4. The first-order valence-corrected chi connectivity index (χ1v) is 13.5. The number of nitrogens with zero attached hydrogens (tertiary/aromatic N) is 4. The first-order chi connectivity index (χ1) is 18.8. The van der Waals surface area contributed by atoms with Gasteiger partial charge in [0.05, 0.1) is 0 Å². The second kappa shape index (κ2) is 10.7. The van der Waals surface area contributed by atoms with Crippen LogP contribution in [0.15, 0.2) is 115 Å². The Balaban J connectivity index is 1.51. The van der Waals surface area contributed by atoms with Gasteiger partial charge in [0.25, 0.3) is 0 Å². The standard InChI is InChI=1S/C33H32N4O/c38-24-25-20-22-26(23-21-25)30-18-10-11-19-31(30)32-34-36-37(35-32)33(27-12-4-1-5-13-27,28-14-6-2-7-15-28)29-16-8-3-9-17-29/h1-19,25-26,38H,20-24H2. The molecule has 190 valence electrons. The second-order valence-electron chi connectivity index (χ2n) is 10.2. The molecule has 0 saturated heterocycles. The van der Waals surface area contributed by atoms with Crippen LogP contribution in [0.25, 0.3) is 11.4 Å². The van der Waals surface area contributed by atoms with Crippen molar-refractivity contribution in [2.45, 2.75) is 37.1 Å². The maximum Gasteiger partial charge on any atom is 0.205 e. The highest BCUT2D eigenvalue weighted by atomic mass is 16.3. The van der Waals surface area contributed by atoms with Crippen molar-refractivity contribution in [1.29, 1.82) is 0 Å². The summed E-state index contributed by atoms with van der Waals surface area (Å²) < 4.78 is 0. The molecule has 0 atom stereocenters. The Morgan fingerprint density at radius 1 is 0.658 bits per heavy atom. The molecule has 1 saturated carbocycles. The third-order valence-electron chi connectivity index (χ3n) is 8.03. The number of rotatable bonds is 7. The Kier molecular flexibility index (Phi) is 6.84. The van der Waals surface area contributed by atoms with Gasteiger partial charge in [0.1, 0.15) is 0 Å². The first-order valence-electron chi connectivity index (χ1n) is 13.5. The Bertz CT molecular complexity index is 1360. The SMILES string of the molecule is OCC1CCC(c2ccccc2-c2nnn(C(c3ccccc3)(c3ccccc3)c3ccccc3)n2)CC1. The first kappa shape index (κ1) is 24.3. The van der Waals surface area contributed by atoms with Crippen LogP contribution in [0, 0.1) is 5.92 Å². The van der Waals surface area contributed by atoms with Crippen LogP contribution >= 0.6 is 0 Å². The quantitative estimate of drug-likeness (QED) is 0.261. The summed E-state index contributed by atoms with van der Waals surface area (Å²) in [6.45, 7) is 0.283. The van der Waals surface area contributed by atoms with Gasteiger partial charge in [-0.25, -0.2) is 0 Å². The fourth-order valence-electron chi connectivity index (χ4n) is 6.06. The van der Waals surface area contributed by atoms with Crippen LogP contribution in [0.3, 0.4) is 0 Å². The van der Waals surface area contributed by atoms with E-state index in [1.165, 1.54) is 5.56 Å².